The summed E-state index contributed by atoms with van der Waals surface area (Å²) in [6, 6.07) is 6.71. The van der Waals surface area contributed by atoms with E-state index in [0.717, 1.165) is 5.56 Å². The van der Waals surface area contributed by atoms with E-state index >= 15 is 0 Å². The van der Waals surface area contributed by atoms with E-state index in [4.69, 9.17) is 14.2 Å². The molecule has 218 valence electrons. The molecule has 1 saturated heterocycles. The third-order valence-corrected chi connectivity index (χ3v) is 6.07. The third kappa shape index (κ3) is 7.52. The van der Waals surface area contributed by atoms with E-state index in [1.165, 1.54) is 6.92 Å². The molecular weight excluding hydrogens is 535 g/mol. The van der Waals surface area contributed by atoms with E-state index in [9.17, 15) is 38.6 Å². The zero-order chi connectivity index (χ0) is 29.6. The van der Waals surface area contributed by atoms with Crippen molar-refractivity contribution in [3.63, 3.8) is 0 Å². The number of hydrogen-bond acceptors (Lipinski definition) is 10. The molecule has 15 heteroatoms. The van der Waals surface area contributed by atoms with Gasteiger partial charge in [0.1, 0.15) is 43.6 Å². The lowest BCUT2D eigenvalue weighted by Crippen LogP contribution is -2.53. The molecule has 1 fully saturated rings. The van der Waals surface area contributed by atoms with E-state index in [-0.39, 0.29) is 12.5 Å². The number of aliphatic hydroxyl groups is 2. The lowest BCUT2D eigenvalue weighted by molar-refractivity contribution is -0.153. The van der Waals surface area contributed by atoms with Gasteiger partial charge in [0.2, 0.25) is 11.7 Å². The van der Waals surface area contributed by atoms with Gasteiger partial charge in [0.15, 0.2) is 6.23 Å². The summed E-state index contributed by atoms with van der Waals surface area (Å²) in [5.74, 6) is -3.29. The number of ether oxygens (including phenoxy) is 3. The highest BCUT2D eigenvalue weighted by Gasteiger charge is 2.45. The minimum atomic E-state index is -1.72. The van der Waals surface area contributed by atoms with E-state index in [1.54, 1.807) is 43.1 Å². The lowest BCUT2D eigenvalue weighted by atomic mass is 10.0. The second kappa shape index (κ2) is 13.3. The molecule has 1 aliphatic heterocycles. The zero-order valence-corrected chi connectivity index (χ0v) is 21.9. The number of carbonyl (C=O) groups excluding carboxylic acids is 3. The van der Waals surface area contributed by atoms with Gasteiger partial charge in [-0.3, -0.25) is 19.1 Å². The minimum absolute atomic E-state index is 0.00172. The highest BCUT2D eigenvalue weighted by Crippen LogP contribution is 2.28. The van der Waals surface area contributed by atoms with Crippen LogP contribution in [0.5, 0.6) is 0 Å². The van der Waals surface area contributed by atoms with E-state index in [0.29, 0.717) is 10.8 Å². The molecular formula is C25H31FN4O10. The Hall–Kier alpha value is -4.08. The van der Waals surface area contributed by atoms with Crippen molar-refractivity contribution in [3.8, 4) is 0 Å². The van der Waals surface area contributed by atoms with Crippen LogP contribution < -0.4 is 21.9 Å². The van der Waals surface area contributed by atoms with Crippen LogP contribution in [0.1, 0.15) is 32.6 Å². The fraction of sp³-hybridized carbons (Fsp3) is 0.480. The van der Waals surface area contributed by atoms with Crippen LogP contribution in [0.3, 0.4) is 0 Å². The van der Waals surface area contributed by atoms with Crippen molar-refractivity contribution >= 4 is 18.0 Å². The van der Waals surface area contributed by atoms with Crippen molar-refractivity contribution < 1.29 is 43.2 Å². The first kappa shape index (κ1) is 30.5. The van der Waals surface area contributed by atoms with E-state index in [2.05, 4.69) is 10.6 Å². The summed E-state index contributed by atoms with van der Waals surface area (Å²) in [5.41, 5.74) is -1.60. The van der Waals surface area contributed by atoms with Crippen molar-refractivity contribution in [2.45, 2.75) is 64.0 Å². The number of benzene rings is 1. The maximum Gasteiger partial charge on any atom is 0.408 e. The number of esters is 1. The number of amides is 2. The highest BCUT2D eigenvalue weighted by molar-refractivity contribution is 5.89. The molecule has 5 N–H and O–H groups in total. The number of nitrogens with one attached hydrogen (secondary N) is 3. The predicted octanol–water partition coefficient (Wildman–Crippen LogP) is -0.706. The van der Waals surface area contributed by atoms with Gasteiger partial charge in [0.05, 0.1) is 6.20 Å². The molecule has 0 saturated carbocycles. The minimum Gasteiger partial charge on any atom is -0.461 e. The third-order valence-electron chi connectivity index (χ3n) is 6.07. The van der Waals surface area contributed by atoms with Crippen LogP contribution in [-0.2, 0) is 30.4 Å². The number of aromatic nitrogens is 2. The number of carbonyl (C=O) groups is 3. The summed E-state index contributed by atoms with van der Waals surface area (Å²) in [6.45, 7) is 4.11. The second-order valence-corrected chi connectivity index (χ2v) is 9.48. The number of H-pyrrole nitrogens is 1. The maximum absolute atomic E-state index is 13.6. The molecule has 2 aromatic rings. The molecule has 0 radical (unpaired) electrons. The second-order valence-electron chi connectivity index (χ2n) is 9.48. The van der Waals surface area contributed by atoms with Crippen LogP contribution in [0.25, 0.3) is 0 Å². The van der Waals surface area contributed by atoms with E-state index < -0.39 is 78.3 Å². The fourth-order valence-corrected chi connectivity index (χ4v) is 3.82. The molecule has 40 heavy (non-hydrogen) atoms. The molecule has 2 unspecified atom stereocenters. The number of alkyl carbamates (subject to hydrolysis) is 1. The van der Waals surface area contributed by atoms with Crippen molar-refractivity contribution in [1.82, 2.24) is 20.2 Å². The molecule has 0 aliphatic carbocycles. The summed E-state index contributed by atoms with van der Waals surface area (Å²) in [5, 5.41) is 25.4. The maximum atomic E-state index is 13.6. The molecule has 14 nitrogen and oxygen atoms in total. The normalized spacial score (nSPS) is 21.9. The monoisotopic (exact) mass is 566 g/mol. The summed E-state index contributed by atoms with van der Waals surface area (Å²) in [6.07, 6.45) is -6.56. The van der Waals surface area contributed by atoms with Crippen molar-refractivity contribution in [2.24, 2.45) is 5.92 Å². The molecule has 0 bridgehead atoms. The molecule has 0 spiro atoms. The highest BCUT2D eigenvalue weighted by atomic mass is 19.1. The lowest BCUT2D eigenvalue weighted by Gasteiger charge is -2.23. The number of hydrogen-bond donors (Lipinski definition) is 5. The Morgan fingerprint density at radius 2 is 1.75 bits per heavy atom. The largest absolute Gasteiger partial charge is 0.461 e. The first-order chi connectivity index (χ1) is 18.9. The van der Waals surface area contributed by atoms with Gasteiger partial charge in [-0.1, -0.05) is 44.2 Å². The number of nitrogens with zero attached hydrogens (tertiary/aromatic N) is 1. The van der Waals surface area contributed by atoms with Crippen molar-refractivity contribution in [2.75, 3.05) is 6.61 Å². The van der Waals surface area contributed by atoms with Crippen LogP contribution in [-0.4, -0.2) is 74.7 Å². The molecule has 3 rings (SSSR count). The van der Waals surface area contributed by atoms with Crippen LogP contribution in [0.15, 0.2) is 46.1 Å². The average molecular weight is 567 g/mol. The summed E-state index contributed by atoms with van der Waals surface area (Å²) >= 11 is 0. The molecule has 6 atom stereocenters. The van der Waals surface area contributed by atoms with Crippen LogP contribution >= 0.6 is 0 Å². The standard InChI is InChI=1S/C25H31FN4O10/c1-12(2)17(28-25(37)39-10-14-7-5-4-6-8-14)21(34)27-13(3)23(35)38-11-16-18(31)19(32)22(40-16)30-9-15(26)20(33)29-24(30)36/h4-9,12-13,16-19,22,31-32H,10-11H2,1-3H3,(H,27,34)(H,28,37)(H,29,33,36)/t13-,16-,17-,18?,19?,22-/m0/s1. The van der Waals surface area contributed by atoms with Gasteiger partial charge < -0.3 is 35.1 Å². The number of aromatic amines is 1. The Morgan fingerprint density at radius 1 is 1.07 bits per heavy atom. The molecule has 2 amide bonds. The first-order valence-electron chi connectivity index (χ1n) is 12.4. The summed E-state index contributed by atoms with van der Waals surface area (Å²) in [4.78, 5) is 62.4. The Labute approximate surface area is 227 Å². The number of halogens is 1. The van der Waals surface area contributed by atoms with Crippen LogP contribution in [0, 0.1) is 11.7 Å². The van der Waals surface area contributed by atoms with Gasteiger partial charge in [0.25, 0.3) is 5.56 Å². The van der Waals surface area contributed by atoms with Crippen molar-refractivity contribution in [3.05, 3.63) is 68.7 Å². The van der Waals surface area contributed by atoms with Crippen molar-refractivity contribution in [1.29, 1.82) is 0 Å². The first-order valence-corrected chi connectivity index (χ1v) is 12.4. The van der Waals surface area contributed by atoms with Gasteiger partial charge in [-0.05, 0) is 18.4 Å². The van der Waals surface area contributed by atoms with Gasteiger partial charge >= 0.3 is 17.8 Å². The Bertz CT molecular complexity index is 1310. The number of rotatable bonds is 10. The Balaban J connectivity index is 1.52. The summed E-state index contributed by atoms with van der Waals surface area (Å²) < 4.78 is 29.8. The SMILES string of the molecule is CC(C)[C@H](NC(=O)OCc1ccccc1)C(=O)N[C@@H](C)C(=O)OC[C@@H]1O[C@H](n2cc(F)c(=O)[nH]c2=O)C(O)C1O. The Kier molecular flexibility index (Phi) is 10.1. The fourth-order valence-electron chi connectivity index (χ4n) is 3.82. The summed E-state index contributed by atoms with van der Waals surface area (Å²) in [7, 11) is 0. The average Bonchev–Trinajstić information content (AvgIpc) is 3.19. The quantitative estimate of drug-likeness (QED) is 0.229. The smallest absolute Gasteiger partial charge is 0.408 e. The molecule has 1 aliphatic rings. The van der Waals surface area contributed by atoms with Gasteiger partial charge in [-0.2, -0.15) is 4.39 Å². The predicted molar refractivity (Wildman–Crippen MR) is 134 cm³/mol. The topological polar surface area (TPSA) is 198 Å². The van der Waals surface area contributed by atoms with Crippen LogP contribution in [0.4, 0.5) is 9.18 Å². The van der Waals surface area contributed by atoms with Gasteiger partial charge in [-0.15, -0.1) is 0 Å². The Morgan fingerprint density at radius 3 is 2.40 bits per heavy atom. The molecule has 1 aromatic carbocycles. The van der Waals surface area contributed by atoms with Gasteiger partial charge in [0, 0.05) is 0 Å². The number of aliphatic hydroxyl groups excluding tert-OH is 2. The zero-order valence-electron chi connectivity index (χ0n) is 21.9. The molecule has 1 aromatic heterocycles. The van der Waals surface area contributed by atoms with Gasteiger partial charge in [-0.25, -0.2) is 14.4 Å². The van der Waals surface area contributed by atoms with E-state index in [1.807, 2.05) is 6.07 Å². The molecule has 2 heterocycles. The van der Waals surface area contributed by atoms with Crippen LogP contribution in [0.2, 0.25) is 0 Å².